The van der Waals surface area contributed by atoms with Crippen LogP contribution >= 0.6 is 0 Å². The third-order valence-electron chi connectivity index (χ3n) is 2.76. The average molecular weight is 402 g/mol. The third-order valence-corrected chi connectivity index (χ3v) is 2.76. The van der Waals surface area contributed by atoms with Crippen molar-refractivity contribution in [1.29, 1.82) is 0 Å². The van der Waals surface area contributed by atoms with Crippen LogP contribution in [0.4, 0.5) is 0 Å². The molecular formula is C14H14CuN2O8+2. The summed E-state index contributed by atoms with van der Waals surface area (Å²) in [5.74, 6) is -2.49. The first-order valence-corrected chi connectivity index (χ1v) is 6.17. The minimum absolute atomic E-state index is 0. The van der Waals surface area contributed by atoms with Gasteiger partial charge in [-0.25, -0.2) is 0 Å². The second-order valence-corrected chi connectivity index (χ2v) is 4.26. The van der Waals surface area contributed by atoms with Gasteiger partial charge in [0.05, 0.1) is 11.1 Å². The van der Waals surface area contributed by atoms with Gasteiger partial charge in [-0.05, 0) is 24.3 Å². The minimum atomic E-state index is -0.549. The molecule has 0 aliphatic carbocycles. The van der Waals surface area contributed by atoms with E-state index in [1.807, 2.05) is 0 Å². The maximum Gasteiger partial charge on any atom is 2.00 e. The van der Waals surface area contributed by atoms with Gasteiger partial charge in [-0.15, -0.1) is 0 Å². The van der Waals surface area contributed by atoms with Crippen molar-refractivity contribution in [1.82, 2.24) is 0 Å². The van der Waals surface area contributed by atoms with Gasteiger partial charge < -0.3 is 51.4 Å². The Labute approximate surface area is 151 Å². The fourth-order valence-electron chi connectivity index (χ4n) is 1.52. The smallest absolute Gasteiger partial charge is 0.792 e. The summed E-state index contributed by atoms with van der Waals surface area (Å²) in [7, 11) is 0. The van der Waals surface area contributed by atoms with Gasteiger partial charge in [-0.2, -0.15) is 0 Å². The van der Waals surface area contributed by atoms with E-state index in [0.29, 0.717) is 0 Å². The van der Waals surface area contributed by atoms with Gasteiger partial charge in [0.1, 0.15) is 0 Å². The molecule has 0 aliphatic rings. The number of phenols is 4. The van der Waals surface area contributed by atoms with Crippen LogP contribution in [0, 0.1) is 10.4 Å². The van der Waals surface area contributed by atoms with E-state index in [0.717, 1.165) is 12.4 Å². The topological polar surface area (TPSA) is 198 Å². The summed E-state index contributed by atoms with van der Waals surface area (Å²) in [5.41, 5.74) is 0.334. The van der Waals surface area contributed by atoms with E-state index in [1.165, 1.54) is 24.3 Å². The molecule has 0 heterocycles. The monoisotopic (exact) mass is 401 g/mol. The molecule has 10 nitrogen and oxygen atoms in total. The van der Waals surface area contributed by atoms with Gasteiger partial charge in [-0.1, -0.05) is 0 Å². The van der Waals surface area contributed by atoms with Gasteiger partial charge in [0.2, 0.25) is 0 Å². The Morgan fingerprint density at radius 3 is 1.32 bits per heavy atom. The predicted octanol–water partition coefficient (Wildman–Crippen LogP) is 0.902. The zero-order valence-corrected chi connectivity index (χ0v) is 13.2. The van der Waals surface area contributed by atoms with E-state index in [1.54, 1.807) is 0 Å². The summed E-state index contributed by atoms with van der Waals surface area (Å²) >= 11 is 0. The summed E-state index contributed by atoms with van der Waals surface area (Å²) in [4.78, 5) is 0. The molecule has 0 saturated carbocycles. The Bertz CT molecular complexity index is 714. The molecule has 25 heavy (non-hydrogen) atoms. The molecule has 2 aromatic rings. The second-order valence-electron chi connectivity index (χ2n) is 4.26. The molecule has 0 atom stereocenters. The number of aromatic hydroxyl groups is 4. The molecule has 0 aromatic heterocycles. The van der Waals surface area contributed by atoms with E-state index >= 15 is 0 Å². The Hall–Kier alpha value is -3.30. The van der Waals surface area contributed by atoms with Crippen molar-refractivity contribution < 1.29 is 47.7 Å². The first kappa shape index (κ1) is 21.7. The van der Waals surface area contributed by atoms with Crippen molar-refractivity contribution in [3.63, 3.8) is 0 Å². The summed E-state index contributed by atoms with van der Waals surface area (Å²) in [6.07, 6.45) is 1.78. The van der Waals surface area contributed by atoms with Gasteiger partial charge in [0.15, 0.2) is 11.5 Å². The molecule has 0 spiro atoms. The molecule has 0 aliphatic heterocycles. The van der Waals surface area contributed by atoms with Crippen molar-refractivity contribution in [2.75, 3.05) is 0 Å². The van der Waals surface area contributed by atoms with Crippen molar-refractivity contribution in [2.24, 2.45) is 10.3 Å². The van der Waals surface area contributed by atoms with Crippen LogP contribution in [0.5, 0.6) is 34.5 Å². The van der Waals surface area contributed by atoms with E-state index in [4.69, 9.17) is 30.6 Å². The minimum Gasteiger partial charge on any atom is -0.792 e. The van der Waals surface area contributed by atoms with Crippen molar-refractivity contribution in [3.05, 3.63) is 45.8 Å². The van der Waals surface area contributed by atoms with Gasteiger partial charge >= 0.3 is 28.6 Å². The maximum atomic E-state index is 9.79. The molecule has 0 fully saturated rings. The van der Waals surface area contributed by atoms with Crippen molar-refractivity contribution in [3.8, 4) is 34.5 Å². The SMILES string of the molecule is [Cu+2].[O-]N=Cc1ccc(O)c(O)c1[OH2+].[O-]N=Cc1ccc(O)c(O)c1[OH2+]. The van der Waals surface area contributed by atoms with Gasteiger partial charge in [0.25, 0.3) is 11.5 Å². The molecule has 0 saturated heterocycles. The van der Waals surface area contributed by atoms with Crippen LogP contribution < -0.4 is 0 Å². The van der Waals surface area contributed by atoms with Crippen LogP contribution in [0.15, 0.2) is 34.6 Å². The molecule has 2 aromatic carbocycles. The zero-order valence-electron chi connectivity index (χ0n) is 12.3. The van der Waals surface area contributed by atoms with Gasteiger partial charge in [-0.3, -0.25) is 0 Å². The molecule has 0 bridgehead atoms. The van der Waals surface area contributed by atoms with Gasteiger partial charge in [0, 0.05) is 12.4 Å². The number of rotatable bonds is 2. The van der Waals surface area contributed by atoms with E-state index in [-0.39, 0.29) is 51.2 Å². The maximum absolute atomic E-state index is 9.79. The molecule has 2 rings (SSSR count). The number of phenolic OH excluding ortho intramolecular Hbond substituents is 4. The Balaban J connectivity index is 0.000000443. The quantitative estimate of drug-likeness (QED) is 0.189. The third kappa shape index (κ3) is 5.37. The van der Waals surface area contributed by atoms with Crippen LogP contribution in [-0.4, -0.2) is 43.1 Å². The van der Waals surface area contributed by atoms with E-state index in [2.05, 4.69) is 10.3 Å². The van der Waals surface area contributed by atoms with E-state index < -0.39 is 11.5 Å². The molecule has 137 valence electrons. The van der Waals surface area contributed by atoms with Crippen molar-refractivity contribution in [2.45, 2.75) is 0 Å². The molecule has 1 radical (unpaired) electrons. The average Bonchev–Trinajstić information content (AvgIpc) is 2.57. The number of benzene rings is 2. The van der Waals surface area contributed by atoms with Crippen LogP contribution in [0.25, 0.3) is 0 Å². The largest absolute Gasteiger partial charge is 2.00 e. The molecule has 0 unspecified atom stereocenters. The molecule has 8 N–H and O–H groups in total. The summed E-state index contributed by atoms with van der Waals surface area (Å²) in [6.45, 7) is 0. The fraction of sp³-hybridized carbons (Fsp3) is 0. The summed E-state index contributed by atoms with van der Waals surface area (Å²) < 4.78 is 0. The predicted molar refractivity (Wildman–Crippen MR) is 87.6 cm³/mol. The van der Waals surface area contributed by atoms with Crippen molar-refractivity contribution >= 4 is 12.4 Å². The molecule has 0 amide bonds. The number of nitrogens with zero attached hydrogens (tertiary/aromatic N) is 2. The Morgan fingerprint density at radius 1 is 0.720 bits per heavy atom. The first-order valence-electron chi connectivity index (χ1n) is 6.17. The fourth-order valence-corrected chi connectivity index (χ4v) is 1.52. The first-order chi connectivity index (χ1) is 11.3. The summed E-state index contributed by atoms with van der Waals surface area (Å²) in [5, 5.41) is 74.7. The van der Waals surface area contributed by atoms with Crippen LogP contribution in [0.2, 0.25) is 0 Å². The zero-order chi connectivity index (χ0) is 18.3. The standard InChI is InChI=1S/2C7H7NO4.Cu/c2*9-5-2-1-4(3-8-12)6(10)7(5)11;/h2*1-3,9-12H;/q;;+2. The normalized spacial score (nSPS) is 10.2. The van der Waals surface area contributed by atoms with Crippen LogP contribution in [-0.2, 0) is 17.1 Å². The number of hydrogen-bond donors (Lipinski definition) is 4. The number of hydrogen-bond acceptors (Lipinski definition) is 8. The summed E-state index contributed by atoms with van der Waals surface area (Å²) in [6, 6.07) is 5.01. The molecule has 11 heteroatoms. The van der Waals surface area contributed by atoms with Crippen LogP contribution in [0.1, 0.15) is 11.1 Å². The Kier molecular flexibility index (Phi) is 8.47. The van der Waals surface area contributed by atoms with E-state index in [9.17, 15) is 10.4 Å². The second kappa shape index (κ2) is 9.75. The Morgan fingerprint density at radius 2 is 1.04 bits per heavy atom. The van der Waals surface area contributed by atoms with Crippen LogP contribution in [0.3, 0.4) is 0 Å². The molecular weight excluding hydrogens is 388 g/mol.